The number of hydrogen-bond donors (Lipinski definition) is 4. The SMILES string of the molecule is COc1ccc(OC)c(C(=O)Nc2nc(C(=O)NCCN(C)C)cs2)c1OC.O=C(O)/C=C\C(=O)O. The number of hydrogen-bond acceptors (Lipinski definition) is 10. The normalized spacial score (nSPS) is 10.3. The molecule has 1 aromatic carbocycles. The first-order valence-electron chi connectivity index (χ1n) is 10.2. The summed E-state index contributed by atoms with van der Waals surface area (Å²) in [6.45, 7) is 1.22. The molecule has 0 aliphatic heterocycles. The van der Waals surface area contributed by atoms with Gasteiger partial charge >= 0.3 is 11.9 Å². The summed E-state index contributed by atoms with van der Waals surface area (Å²) in [5.41, 5.74) is 0.417. The smallest absolute Gasteiger partial charge is 0.328 e. The van der Waals surface area contributed by atoms with Gasteiger partial charge in [-0.25, -0.2) is 14.6 Å². The number of rotatable bonds is 11. The molecule has 36 heavy (non-hydrogen) atoms. The Labute approximate surface area is 211 Å². The van der Waals surface area contributed by atoms with Crippen molar-refractivity contribution in [3.63, 3.8) is 0 Å². The van der Waals surface area contributed by atoms with E-state index < -0.39 is 17.8 Å². The average Bonchev–Trinajstić information content (AvgIpc) is 3.30. The number of aliphatic carboxylic acids is 2. The van der Waals surface area contributed by atoms with E-state index in [4.69, 9.17) is 24.4 Å². The molecule has 0 saturated heterocycles. The first kappa shape index (κ1) is 29.9. The fraction of sp³-hybridized carbons (Fsp3) is 0.318. The van der Waals surface area contributed by atoms with E-state index in [2.05, 4.69) is 15.6 Å². The van der Waals surface area contributed by atoms with Crippen LogP contribution in [0.4, 0.5) is 5.13 Å². The molecule has 0 fully saturated rings. The Kier molecular flexibility index (Phi) is 12.4. The predicted molar refractivity (Wildman–Crippen MR) is 131 cm³/mol. The molecule has 13 nitrogen and oxygen atoms in total. The number of aromatic nitrogens is 1. The maximum atomic E-state index is 12.8. The number of anilines is 1. The van der Waals surface area contributed by atoms with Crippen LogP contribution >= 0.6 is 11.3 Å². The van der Waals surface area contributed by atoms with Crippen LogP contribution in [-0.4, -0.2) is 92.4 Å². The molecule has 196 valence electrons. The third kappa shape index (κ3) is 9.60. The molecule has 1 heterocycles. The quantitative estimate of drug-likeness (QED) is 0.313. The van der Waals surface area contributed by atoms with E-state index in [-0.39, 0.29) is 28.0 Å². The largest absolute Gasteiger partial charge is 0.496 e. The van der Waals surface area contributed by atoms with Gasteiger partial charge in [0.05, 0.1) is 21.3 Å². The Hall–Kier alpha value is -4.17. The molecule has 14 heteroatoms. The lowest BCUT2D eigenvalue weighted by Gasteiger charge is -2.15. The number of methoxy groups -OCH3 is 3. The lowest BCUT2D eigenvalue weighted by molar-refractivity contribution is -0.134. The summed E-state index contributed by atoms with van der Waals surface area (Å²) < 4.78 is 15.8. The minimum absolute atomic E-state index is 0.177. The van der Waals surface area contributed by atoms with Crippen molar-refractivity contribution in [1.29, 1.82) is 0 Å². The molecule has 0 radical (unpaired) electrons. The Bertz CT molecular complexity index is 1080. The lowest BCUT2D eigenvalue weighted by atomic mass is 10.1. The summed E-state index contributed by atoms with van der Waals surface area (Å²) in [6.07, 6.45) is 1.12. The van der Waals surface area contributed by atoms with Crippen LogP contribution in [0.25, 0.3) is 0 Å². The second-order valence-corrected chi connectivity index (χ2v) is 7.80. The van der Waals surface area contributed by atoms with Crippen molar-refractivity contribution < 1.29 is 43.6 Å². The number of nitrogens with one attached hydrogen (secondary N) is 2. The van der Waals surface area contributed by atoms with Gasteiger partial charge in [0.15, 0.2) is 16.6 Å². The van der Waals surface area contributed by atoms with Crippen molar-refractivity contribution in [1.82, 2.24) is 15.2 Å². The number of carbonyl (C=O) groups excluding carboxylic acids is 2. The minimum Gasteiger partial charge on any atom is -0.496 e. The van der Waals surface area contributed by atoms with Crippen molar-refractivity contribution in [3.05, 3.63) is 40.9 Å². The van der Waals surface area contributed by atoms with Gasteiger partial charge in [-0.3, -0.25) is 14.9 Å². The second-order valence-electron chi connectivity index (χ2n) is 6.94. The molecule has 0 atom stereocenters. The van der Waals surface area contributed by atoms with Crippen LogP contribution < -0.4 is 24.8 Å². The van der Waals surface area contributed by atoms with E-state index in [1.165, 1.54) is 21.3 Å². The molecule has 1 aromatic heterocycles. The van der Waals surface area contributed by atoms with Crippen LogP contribution in [0.3, 0.4) is 0 Å². The maximum absolute atomic E-state index is 12.8. The Morgan fingerprint density at radius 2 is 1.56 bits per heavy atom. The summed E-state index contributed by atoms with van der Waals surface area (Å²) in [6, 6.07) is 3.26. The second kappa shape index (κ2) is 15.0. The zero-order valence-corrected chi connectivity index (χ0v) is 21.2. The Morgan fingerprint density at radius 3 is 2.06 bits per heavy atom. The lowest BCUT2D eigenvalue weighted by Crippen LogP contribution is -2.31. The van der Waals surface area contributed by atoms with Gasteiger partial charge in [-0.2, -0.15) is 0 Å². The topological polar surface area (TPSA) is 177 Å². The Balaban J connectivity index is 0.000000697. The summed E-state index contributed by atoms with van der Waals surface area (Å²) in [4.78, 5) is 50.2. The highest BCUT2D eigenvalue weighted by Crippen LogP contribution is 2.37. The number of likely N-dealkylation sites (N-methyl/N-ethyl adjacent to an activating group) is 1. The molecule has 0 aliphatic rings. The van der Waals surface area contributed by atoms with E-state index in [0.717, 1.165) is 17.9 Å². The molecule has 0 bridgehead atoms. The van der Waals surface area contributed by atoms with E-state index in [9.17, 15) is 19.2 Å². The van der Waals surface area contributed by atoms with Gasteiger partial charge in [-0.15, -0.1) is 11.3 Å². The van der Waals surface area contributed by atoms with Crippen LogP contribution in [0, 0.1) is 0 Å². The molecule has 0 spiro atoms. The third-order valence-corrected chi connectivity index (χ3v) is 4.88. The van der Waals surface area contributed by atoms with Crippen molar-refractivity contribution in [2.45, 2.75) is 0 Å². The highest BCUT2D eigenvalue weighted by atomic mass is 32.1. The number of thiazole rings is 1. The molecule has 0 aliphatic carbocycles. The molecule has 0 saturated carbocycles. The van der Waals surface area contributed by atoms with E-state index in [1.54, 1.807) is 17.5 Å². The highest BCUT2D eigenvalue weighted by molar-refractivity contribution is 7.14. The van der Waals surface area contributed by atoms with E-state index in [0.29, 0.717) is 30.2 Å². The predicted octanol–water partition coefficient (Wildman–Crippen LogP) is 1.42. The first-order valence-corrected chi connectivity index (χ1v) is 11.0. The van der Waals surface area contributed by atoms with E-state index in [1.807, 2.05) is 19.0 Å². The van der Waals surface area contributed by atoms with Gasteiger partial charge in [0.1, 0.15) is 17.0 Å². The summed E-state index contributed by atoms with van der Waals surface area (Å²) in [5.74, 6) is -2.32. The third-order valence-electron chi connectivity index (χ3n) is 4.12. The minimum atomic E-state index is -1.26. The van der Waals surface area contributed by atoms with Gasteiger partial charge < -0.3 is 34.6 Å². The maximum Gasteiger partial charge on any atom is 0.328 e. The number of carboxylic acid groups (broad SMARTS) is 2. The van der Waals surface area contributed by atoms with Gasteiger partial charge in [-0.05, 0) is 26.2 Å². The zero-order valence-electron chi connectivity index (χ0n) is 20.4. The van der Waals surface area contributed by atoms with Gasteiger partial charge in [0, 0.05) is 30.6 Å². The van der Waals surface area contributed by atoms with Crippen molar-refractivity contribution >= 4 is 40.2 Å². The number of amides is 2. The zero-order chi connectivity index (χ0) is 27.3. The molecule has 2 amide bonds. The molecule has 4 N–H and O–H groups in total. The number of ether oxygens (including phenoxy) is 3. The molecule has 2 aromatic rings. The summed E-state index contributed by atoms with van der Waals surface area (Å²) in [5, 5.41) is 22.9. The van der Waals surface area contributed by atoms with Gasteiger partial charge in [0.2, 0.25) is 0 Å². The number of carbonyl (C=O) groups is 4. The van der Waals surface area contributed by atoms with Crippen LogP contribution in [0.2, 0.25) is 0 Å². The van der Waals surface area contributed by atoms with Gasteiger partial charge in [0.25, 0.3) is 11.8 Å². The van der Waals surface area contributed by atoms with Gasteiger partial charge in [-0.1, -0.05) is 0 Å². The monoisotopic (exact) mass is 524 g/mol. The fourth-order valence-electron chi connectivity index (χ4n) is 2.52. The number of benzene rings is 1. The molecule has 2 rings (SSSR count). The summed E-state index contributed by atoms with van der Waals surface area (Å²) in [7, 11) is 8.22. The van der Waals surface area contributed by atoms with Crippen LogP contribution in [0.5, 0.6) is 17.2 Å². The highest BCUT2D eigenvalue weighted by Gasteiger charge is 2.23. The molecular formula is C22H28N4O9S. The van der Waals surface area contributed by atoms with Crippen molar-refractivity contribution in [2.75, 3.05) is 53.8 Å². The average molecular weight is 525 g/mol. The molecule has 0 unspecified atom stereocenters. The van der Waals surface area contributed by atoms with Crippen molar-refractivity contribution in [3.8, 4) is 17.2 Å². The van der Waals surface area contributed by atoms with Crippen LogP contribution in [0.15, 0.2) is 29.7 Å². The first-order chi connectivity index (χ1) is 17.0. The standard InChI is InChI=1S/C18H24N4O5S.C4H4O4/c1-22(2)9-8-19-16(23)11-10-28-18(20-11)21-17(24)14-12(25-3)6-7-13(26-4)15(14)27-5;5-3(6)1-2-4(7)8/h6-7,10H,8-9H2,1-5H3,(H,19,23)(H,20,21,24);1-2H,(H,5,6)(H,7,8)/b;2-1-. The fourth-order valence-corrected chi connectivity index (χ4v) is 3.20. The van der Waals surface area contributed by atoms with Crippen LogP contribution in [0.1, 0.15) is 20.8 Å². The number of carboxylic acids is 2. The molecular weight excluding hydrogens is 496 g/mol. The van der Waals surface area contributed by atoms with Crippen molar-refractivity contribution in [2.24, 2.45) is 0 Å². The number of nitrogens with zero attached hydrogens (tertiary/aromatic N) is 2. The Morgan fingerprint density at radius 1 is 0.972 bits per heavy atom. The van der Waals surface area contributed by atoms with Crippen LogP contribution in [-0.2, 0) is 9.59 Å². The summed E-state index contributed by atoms with van der Waals surface area (Å²) >= 11 is 1.15. The van der Waals surface area contributed by atoms with E-state index >= 15 is 0 Å².